The monoisotopic (exact) mass is 289 g/mol. The van der Waals surface area contributed by atoms with Gasteiger partial charge in [-0.1, -0.05) is 58.3 Å². The molecule has 0 unspecified atom stereocenters. The fraction of sp³-hybridized carbons (Fsp3) is 1.00. The third-order valence-corrected chi connectivity index (χ3v) is 7.09. The predicted octanol–water partition coefficient (Wildman–Crippen LogP) is 5.57. The van der Waals surface area contributed by atoms with E-state index in [9.17, 15) is 0 Å². The first kappa shape index (κ1) is 19.4. The minimum Gasteiger partial charge on any atom is -0.396 e. The Balaban J connectivity index is 3.21. The van der Waals surface area contributed by atoms with Gasteiger partial charge in [0, 0.05) is 33.6 Å². The van der Waals surface area contributed by atoms with Gasteiger partial charge in [-0.3, -0.25) is 0 Å². The third-order valence-electron chi connectivity index (χ3n) is 4.04. The molecule has 19 heavy (non-hydrogen) atoms. The standard InChI is InChI=1S/C17H38OP/c1-4-5-6-7-8-9-10-11-12-13-16-19(2,3)17-14-15-18/h18H,4-17H2,1-3H3/q+1. The van der Waals surface area contributed by atoms with E-state index in [0.717, 1.165) is 6.42 Å². The third kappa shape index (κ3) is 14.6. The predicted molar refractivity (Wildman–Crippen MR) is 92.0 cm³/mol. The summed E-state index contributed by atoms with van der Waals surface area (Å²) in [4.78, 5) is 0. The minimum absolute atomic E-state index is 0.376. The quantitative estimate of drug-likeness (QED) is 0.327. The lowest BCUT2D eigenvalue weighted by Gasteiger charge is -2.17. The number of hydrogen-bond donors (Lipinski definition) is 1. The van der Waals surface area contributed by atoms with E-state index in [1.165, 1.54) is 76.5 Å². The first-order valence-electron chi connectivity index (χ1n) is 8.55. The molecule has 1 nitrogen and oxygen atoms in total. The van der Waals surface area contributed by atoms with E-state index in [1.54, 1.807) is 0 Å². The normalized spacial score (nSPS) is 12.0. The Labute approximate surface area is 122 Å². The molecule has 0 aliphatic carbocycles. The van der Waals surface area contributed by atoms with Crippen LogP contribution in [0, 0.1) is 0 Å². The summed E-state index contributed by atoms with van der Waals surface area (Å²) in [6, 6.07) is 0. The molecule has 0 bridgehead atoms. The summed E-state index contributed by atoms with van der Waals surface area (Å²) < 4.78 is 0. The largest absolute Gasteiger partial charge is 0.396 e. The van der Waals surface area contributed by atoms with Crippen LogP contribution in [0.5, 0.6) is 0 Å². The van der Waals surface area contributed by atoms with E-state index in [1.807, 2.05) is 0 Å². The maximum absolute atomic E-state index is 8.89. The fourth-order valence-corrected chi connectivity index (χ4v) is 4.94. The number of unbranched alkanes of at least 4 members (excludes halogenated alkanes) is 9. The fourth-order valence-electron chi connectivity index (χ4n) is 2.64. The van der Waals surface area contributed by atoms with E-state index in [0.29, 0.717) is 6.61 Å². The second kappa shape index (κ2) is 13.4. The van der Waals surface area contributed by atoms with Crippen LogP contribution in [0.25, 0.3) is 0 Å². The van der Waals surface area contributed by atoms with Crippen molar-refractivity contribution in [1.29, 1.82) is 0 Å². The maximum atomic E-state index is 8.89. The van der Waals surface area contributed by atoms with Crippen LogP contribution in [0.2, 0.25) is 0 Å². The zero-order valence-electron chi connectivity index (χ0n) is 13.8. The zero-order chi connectivity index (χ0) is 14.4. The Hall–Kier alpha value is 0.390. The topological polar surface area (TPSA) is 20.2 Å². The Morgan fingerprint density at radius 2 is 1.05 bits per heavy atom. The molecule has 0 heterocycles. The highest BCUT2D eigenvalue weighted by atomic mass is 31.2. The molecule has 0 aromatic rings. The van der Waals surface area contributed by atoms with Crippen molar-refractivity contribution in [2.45, 2.75) is 77.6 Å². The van der Waals surface area contributed by atoms with Gasteiger partial charge >= 0.3 is 0 Å². The second-order valence-corrected chi connectivity index (χ2v) is 11.4. The van der Waals surface area contributed by atoms with Crippen molar-refractivity contribution in [2.24, 2.45) is 0 Å². The molecule has 116 valence electrons. The van der Waals surface area contributed by atoms with Crippen LogP contribution in [0.15, 0.2) is 0 Å². The molecule has 0 aliphatic heterocycles. The van der Waals surface area contributed by atoms with Gasteiger partial charge in [-0.05, 0) is 12.8 Å². The van der Waals surface area contributed by atoms with Crippen LogP contribution in [-0.2, 0) is 0 Å². The lowest BCUT2D eigenvalue weighted by Crippen LogP contribution is -2.02. The van der Waals surface area contributed by atoms with Crippen LogP contribution >= 0.6 is 7.26 Å². The summed E-state index contributed by atoms with van der Waals surface area (Å²) in [5.41, 5.74) is 0. The minimum atomic E-state index is -0.693. The van der Waals surface area contributed by atoms with Gasteiger partial charge in [0.25, 0.3) is 0 Å². The SMILES string of the molecule is CCCCCCCCCCCC[P+](C)(C)CCCO. The summed E-state index contributed by atoms with van der Waals surface area (Å²) >= 11 is 0. The molecule has 0 saturated heterocycles. The van der Waals surface area contributed by atoms with Crippen molar-refractivity contribution < 1.29 is 5.11 Å². The number of hydrogen-bond acceptors (Lipinski definition) is 1. The van der Waals surface area contributed by atoms with Crippen molar-refractivity contribution in [3.63, 3.8) is 0 Å². The van der Waals surface area contributed by atoms with Crippen LogP contribution in [-0.4, -0.2) is 37.4 Å². The molecule has 2 heteroatoms. The van der Waals surface area contributed by atoms with Crippen LogP contribution in [0.1, 0.15) is 77.6 Å². The van der Waals surface area contributed by atoms with Crippen molar-refractivity contribution >= 4 is 7.26 Å². The molecule has 1 N–H and O–H groups in total. The molecule has 0 aliphatic rings. The van der Waals surface area contributed by atoms with Gasteiger partial charge in [0.2, 0.25) is 0 Å². The van der Waals surface area contributed by atoms with Crippen LogP contribution in [0.4, 0.5) is 0 Å². The zero-order valence-corrected chi connectivity index (χ0v) is 14.7. The number of aliphatic hydroxyl groups excluding tert-OH is 1. The van der Waals surface area contributed by atoms with Crippen LogP contribution in [0.3, 0.4) is 0 Å². The first-order valence-corrected chi connectivity index (χ1v) is 11.6. The van der Waals surface area contributed by atoms with Crippen molar-refractivity contribution in [3.05, 3.63) is 0 Å². The highest BCUT2D eigenvalue weighted by molar-refractivity contribution is 7.74. The van der Waals surface area contributed by atoms with Crippen molar-refractivity contribution in [1.82, 2.24) is 0 Å². The summed E-state index contributed by atoms with van der Waals surface area (Å²) in [6.45, 7) is 7.57. The lowest BCUT2D eigenvalue weighted by molar-refractivity contribution is 0.296. The molecule has 0 aromatic carbocycles. The van der Waals surface area contributed by atoms with Gasteiger partial charge in [-0.2, -0.15) is 0 Å². The molecular formula is C17H38OP+. The average Bonchev–Trinajstić information content (AvgIpc) is 2.38. The van der Waals surface area contributed by atoms with Crippen molar-refractivity contribution in [2.75, 3.05) is 32.3 Å². The molecule has 0 saturated carbocycles. The lowest BCUT2D eigenvalue weighted by atomic mass is 10.1. The average molecular weight is 289 g/mol. The maximum Gasteiger partial charge on any atom is 0.0610 e. The molecule has 0 fully saturated rings. The summed E-state index contributed by atoms with van der Waals surface area (Å²) in [6.07, 6.45) is 18.0. The van der Waals surface area contributed by atoms with Gasteiger partial charge in [0.05, 0.1) is 12.3 Å². The Bertz CT molecular complexity index is 180. The van der Waals surface area contributed by atoms with Gasteiger partial charge in [0.1, 0.15) is 0 Å². The van der Waals surface area contributed by atoms with E-state index >= 15 is 0 Å². The Kier molecular flexibility index (Phi) is 13.7. The van der Waals surface area contributed by atoms with E-state index in [2.05, 4.69) is 20.3 Å². The molecule has 0 amide bonds. The van der Waals surface area contributed by atoms with Crippen LogP contribution < -0.4 is 0 Å². The molecule has 0 spiro atoms. The van der Waals surface area contributed by atoms with E-state index in [4.69, 9.17) is 5.11 Å². The summed E-state index contributed by atoms with van der Waals surface area (Å²) in [7, 11) is -0.693. The molecular weight excluding hydrogens is 251 g/mol. The first-order chi connectivity index (χ1) is 9.12. The van der Waals surface area contributed by atoms with Gasteiger partial charge in [0.15, 0.2) is 0 Å². The van der Waals surface area contributed by atoms with Gasteiger partial charge in [-0.15, -0.1) is 0 Å². The molecule has 0 rings (SSSR count). The van der Waals surface area contributed by atoms with E-state index < -0.39 is 7.26 Å². The summed E-state index contributed by atoms with van der Waals surface area (Å²) in [5.74, 6) is 0. The molecule has 0 radical (unpaired) electrons. The number of aliphatic hydroxyl groups is 1. The van der Waals surface area contributed by atoms with Crippen molar-refractivity contribution in [3.8, 4) is 0 Å². The molecule has 0 aromatic heterocycles. The Morgan fingerprint density at radius 1 is 0.632 bits per heavy atom. The molecule has 0 atom stereocenters. The smallest absolute Gasteiger partial charge is 0.0610 e. The Morgan fingerprint density at radius 3 is 1.53 bits per heavy atom. The summed E-state index contributed by atoms with van der Waals surface area (Å²) in [5, 5.41) is 8.89. The van der Waals surface area contributed by atoms with Gasteiger partial charge < -0.3 is 5.11 Å². The highest BCUT2D eigenvalue weighted by Crippen LogP contribution is 2.52. The highest BCUT2D eigenvalue weighted by Gasteiger charge is 2.22. The van der Waals surface area contributed by atoms with E-state index in [-0.39, 0.29) is 0 Å². The number of rotatable bonds is 14. The second-order valence-electron chi connectivity index (χ2n) is 6.64. The van der Waals surface area contributed by atoms with Gasteiger partial charge in [-0.25, -0.2) is 0 Å².